The Labute approximate surface area is 95.6 Å². The monoisotopic (exact) mass is 242 g/mol. The summed E-state index contributed by atoms with van der Waals surface area (Å²) in [5.41, 5.74) is 0.875. The van der Waals surface area contributed by atoms with Crippen molar-refractivity contribution in [3.63, 3.8) is 0 Å². The Balaban J connectivity index is 2.61. The van der Waals surface area contributed by atoms with Gasteiger partial charge in [-0.25, -0.2) is 4.79 Å². The zero-order valence-corrected chi connectivity index (χ0v) is 9.55. The van der Waals surface area contributed by atoms with Crippen LogP contribution in [0, 0.1) is 0 Å². The molecule has 1 aromatic heterocycles. The predicted molar refractivity (Wildman–Crippen MR) is 59.3 cm³/mol. The summed E-state index contributed by atoms with van der Waals surface area (Å²) in [6.45, 7) is 0.194. The topological polar surface area (TPSA) is 82.8 Å². The molecular weight excluding hydrogens is 232 g/mol. The third kappa shape index (κ3) is 1.53. The van der Waals surface area contributed by atoms with Crippen molar-refractivity contribution in [2.24, 2.45) is 0 Å². The van der Waals surface area contributed by atoms with Gasteiger partial charge in [-0.3, -0.25) is 4.79 Å². The largest absolute Gasteiger partial charge is 0.475 e. The summed E-state index contributed by atoms with van der Waals surface area (Å²) in [5.74, 6) is -1.66. The number of aromatic carboxylic acids is 1. The van der Waals surface area contributed by atoms with Gasteiger partial charge in [0.15, 0.2) is 5.09 Å². The molecule has 7 heteroatoms. The highest BCUT2D eigenvalue weighted by Gasteiger charge is 2.32. The van der Waals surface area contributed by atoms with E-state index in [9.17, 15) is 9.59 Å². The van der Waals surface area contributed by atoms with E-state index in [1.807, 2.05) is 0 Å². The smallest absolute Gasteiger partial charge is 0.374 e. The normalized spacial score (nSPS) is 14.6. The number of carbonyl (C=O) groups excluding carboxylic acids is 1. The molecule has 6 nitrogen and oxygen atoms in total. The van der Waals surface area contributed by atoms with E-state index in [1.165, 1.54) is 11.8 Å². The zero-order chi connectivity index (χ0) is 11.9. The third-order valence-corrected chi connectivity index (χ3v) is 2.91. The number of carboxylic acids is 1. The molecule has 2 rings (SSSR count). The quantitative estimate of drug-likeness (QED) is 0.755. The Morgan fingerprint density at radius 1 is 1.62 bits per heavy atom. The number of likely N-dealkylation sites (N-methyl/N-ethyl adjacent to an activating group) is 1. The molecule has 0 unspecified atom stereocenters. The summed E-state index contributed by atoms with van der Waals surface area (Å²) in [5, 5.41) is 12.0. The molecule has 86 valence electrons. The first-order chi connectivity index (χ1) is 7.54. The number of thioether (sulfide) groups is 1. The lowest BCUT2D eigenvalue weighted by Crippen LogP contribution is -2.35. The second-order valence-electron chi connectivity index (χ2n) is 3.36. The Kier molecular flexibility index (Phi) is 2.55. The van der Waals surface area contributed by atoms with Gasteiger partial charge in [-0.2, -0.15) is 0 Å². The lowest BCUT2D eigenvalue weighted by molar-refractivity contribution is -0.115. The summed E-state index contributed by atoms with van der Waals surface area (Å²) in [7, 11) is 1.72. The molecule has 1 amide bonds. The van der Waals surface area contributed by atoms with Crippen LogP contribution in [0.2, 0.25) is 0 Å². The number of carboxylic acid groups (broad SMARTS) is 1. The van der Waals surface area contributed by atoms with Gasteiger partial charge in [-0.15, -0.1) is 0 Å². The maximum atomic E-state index is 11.3. The van der Waals surface area contributed by atoms with Crippen LogP contribution in [0.1, 0.15) is 10.6 Å². The zero-order valence-electron chi connectivity index (χ0n) is 8.73. The average Bonchev–Trinajstić information content (AvgIpc) is 2.56. The molecule has 1 aromatic rings. The van der Waals surface area contributed by atoms with E-state index in [2.05, 4.69) is 5.32 Å². The third-order valence-electron chi connectivity index (χ3n) is 2.26. The van der Waals surface area contributed by atoms with Crippen LogP contribution in [0.3, 0.4) is 0 Å². The van der Waals surface area contributed by atoms with Gasteiger partial charge in [0.25, 0.3) is 0 Å². The second kappa shape index (κ2) is 3.75. The summed E-state index contributed by atoms with van der Waals surface area (Å²) in [6.07, 6.45) is 1.79. The maximum Gasteiger partial charge on any atom is 0.374 e. The van der Waals surface area contributed by atoms with Gasteiger partial charge in [0.1, 0.15) is 11.4 Å². The van der Waals surface area contributed by atoms with Gasteiger partial charge in [0.2, 0.25) is 11.7 Å². The van der Waals surface area contributed by atoms with Crippen LogP contribution < -0.4 is 10.2 Å². The minimum Gasteiger partial charge on any atom is -0.475 e. The molecule has 16 heavy (non-hydrogen) atoms. The van der Waals surface area contributed by atoms with Crippen molar-refractivity contribution in [2.75, 3.05) is 30.1 Å². The van der Waals surface area contributed by atoms with Crippen molar-refractivity contribution in [2.45, 2.75) is 5.09 Å². The molecule has 0 atom stereocenters. The van der Waals surface area contributed by atoms with Crippen LogP contribution in [-0.4, -0.2) is 36.8 Å². The van der Waals surface area contributed by atoms with E-state index in [-0.39, 0.29) is 23.9 Å². The van der Waals surface area contributed by atoms with Crippen LogP contribution in [0.4, 0.5) is 11.4 Å². The van der Waals surface area contributed by atoms with Crippen LogP contribution in [-0.2, 0) is 4.79 Å². The molecule has 0 bridgehead atoms. The summed E-state index contributed by atoms with van der Waals surface area (Å²) >= 11 is 1.30. The van der Waals surface area contributed by atoms with E-state index >= 15 is 0 Å². The number of furan rings is 1. The fourth-order valence-corrected chi connectivity index (χ4v) is 2.24. The summed E-state index contributed by atoms with van der Waals surface area (Å²) in [4.78, 5) is 23.9. The van der Waals surface area contributed by atoms with Crippen molar-refractivity contribution < 1.29 is 19.1 Å². The molecule has 1 aliphatic rings. The van der Waals surface area contributed by atoms with Crippen LogP contribution in [0.15, 0.2) is 9.51 Å². The van der Waals surface area contributed by atoms with Gasteiger partial charge in [0, 0.05) is 7.05 Å². The van der Waals surface area contributed by atoms with E-state index < -0.39 is 5.97 Å². The SMILES string of the molecule is CSc1oc(C(=O)O)c2c1N(C)CC(=O)N2. The Morgan fingerprint density at radius 2 is 2.31 bits per heavy atom. The first-order valence-corrected chi connectivity index (χ1v) is 5.72. The van der Waals surface area contributed by atoms with E-state index in [0.29, 0.717) is 10.8 Å². The minimum atomic E-state index is -1.19. The predicted octanol–water partition coefficient (Wildman–Crippen LogP) is 1.09. The summed E-state index contributed by atoms with van der Waals surface area (Å²) < 4.78 is 5.20. The molecule has 1 aliphatic heterocycles. The molecule has 2 heterocycles. The Hall–Kier alpha value is -1.63. The molecule has 0 spiro atoms. The fraction of sp³-hybridized carbons (Fsp3) is 0.333. The molecule has 2 N–H and O–H groups in total. The van der Waals surface area contributed by atoms with Gasteiger partial charge in [-0.1, -0.05) is 11.8 Å². The van der Waals surface area contributed by atoms with Crippen LogP contribution in [0.5, 0.6) is 0 Å². The number of anilines is 2. The minimum absolute atomic E-state index is 0.194. The van der Waals surface area contributed by atoms with Gasteiger partial charge in [-0.05, 0) is 6.26 Å². The highest BCUT2D eigenvalue weighted by atomic mass is 32.2. The number of hydrogen-bond donors (Lipinski definition) is 2. The van der Waals surface area contributed by atoms with Crippen molar-refractivity contribution >= 4 is 35.0 Å². The van der Waals surface area contributed by atoms with Crippen molar-refractivity contribution in [3.05, 3.63) is 5.76 Å². The van der Waals surface area contributed by atoms with Gasteiger partial charge in [0.05, 0.1) is 6.54 Å². The molecule has 0 aliphatic carbocycles. The lowest BCUT2D eigenvalue weighted by atomic mass is 10.2. The number of carbonyl (C=O) groups is 2. The standard InChI is InChI=1S/C9H10N2O4S/c1-11-3-4(12)10-5-6(11)9(16-2)15-7(5)8(13)14/h3H2,1-2H3,(H,10,12)(H,13,14). The number of nitrogens with zero attached hydrogens (tertiary/aromatic N) is 1. The number of amides is 1. The van der Waals surface area contributed by atoms with E-state index in [0.717, 1.165) is 0 Å². The van der Waals surface area contributed by atoms with Crippen LogP contribution in [0.25, 0.3) is 0 Å². The number of nitrogens with one attached hydrogen (secondary N) is 1. The number of rotatable bonds is 2. The lowest BCUT2D eigenvalue weighted by Gasteiger charge is -2.24. The van der Waals surface area contributed by atoms with Crippen LogP contribution >= 0.6 is 11.8 Å². The van der Waals surface area contributed by atoms with Crippen molar-refractivity contribution in [3.8, 4) is 0 Å². The highest BCUT2D eigenvalue weighted by Crippen LogP contribution is 2.42. The maximum absolute atomic E-state index is 11.3. The van der Waals surface area contributed by atoms with E-state index in [4.69, 9.17) is 9.52 Å². The first kappa shape index (κ1) is 10.9. The molecular formula is C9H10N2O4S. The van der Waals surface area contributed by atoms with Gasteiger partial charge < -0.3 is 19.7 Å². The van der Waals surface area contributed by atoms with Gasteiger partial charge >= 0.3 is 5.97 Å². The fourth-order valence-electron chi connectivity index (χ4n) is 1.63. The number of fused-ring (bicyclic) bond motifs is 1. The molecule has 0 aromatic carbocycles. The second-order valence-corrected chi connectivity index (χ2v) is 4.13. The van der Waals surface area contributed by atoms with Crippen molar-refractivity contribution in [1.82, 2.24) is 0 Å². The highest BCUT2D eigenvalue weighted by molar-refractivity contribution is 7.98. The number of hydrogen-bond acceptors (Lipinski definition) is 5. The molecule has 0 fully saturated rings. The van der Waals surface area contributed by atoms with E-state index in [1.54, 1.807) is 18.2 Å². The molecule has 0 saturated heterocycles. The Bertz CT molecular complexity index is 468. The molecule has 0 saturated carbocycles. The summed E-state index contributed by atoms with van der Waals surface area (Å²) in [6, 6.07) is 0. The average molecular weight is 242 g/mol. The molecule has 0 radical (unpaired) electrons. The Morgan fingerprint density at radius 3 is 2.88 bits per heavy atom. The van der Waals surface area contributed by atoms with Crippen molar-refractivity contribution in [1.29, 1.82) is 0 Å². The first-order valence-electron chi connectivity index (χ1n) is 4.49.